The van der Waals surface area contributed by atoms with Gasteiger partial charge in [0.1, 0.15) is 5.01 Å². The Morgan fingerprint density at radius 1 is 1.19 bits per heavy atom. The van der Waals surface area contributed by atoms with E-state index in [0.29, 0.717) is 18.1 Å². The molecular weight excluding hydrogens is 366 g/mol. The molecule has 2 aromatic rings. The summed E-state index contributed by atoms with van der Waals surface area (Å²) in [6.07, 6.45) is 0.204. The first-order valence-electron chi connectivity index (χ1n) is 8.50. The first kappa shape index (κ1) is 20.6. The smallest absolute Gasteiger partial charge is 0.355 e. The van der Waals surface area contributed by atoms with E-state index in [9.17, 15) is 14.4 Å². The van der Waals surface area contributed by atoms with Crippen LogP contribution < -0.4 is 10.6 Å². The number of nitrogens with zero attached hydrogens (tertiary/aromatic N) is 1. The molecule has 0 atom stereocenters. The molecule has 3 N–H and O–H groups in total. The minimum Gasteiger partial charge on any atom is -0.476 e. The van der Waals surface area contributed by atoms with Gasteiger partial charge >= 0.3 is 5.97 Å². The lowest BCUT2D eigenvalue weighted by molar-refractivity contribution is -0.128. The summed E-state index contributed by atoms with van der Waals surface area (Å²) in [5.41, 5.74) is 1.22. The fraction of sp³-hybridized carbons (Fsp3) is 0.368. The van der Waals surface area contributed by atoms with Gasteiger partial charge in [-0.15, -0.1) is 11.3 Å². The Morgan fingerprint density at radius 3 is 2.56 bits per heavy atom. The summed E-state index contributed by atoms with van der Waals surface area (Å²) in [5, 5.41) is 16.6. The predicted molar refractivity (Wildman–Crippen MR) is 103 cm³/mol. The minimum absolute atomic E-state index is 0.0195. The van der Waals surface area contributed by atoms with E-state index in [1.807, 2.05) is 45.0 Å². The minimum atomic E-state index is -1.06. The molecule has 0 aliphatic rings. The van der Waals surface area contributed by atoms with Crippen molar-refractivity contribution in [3.05, 3.63) is 40.9 Å². The van der Waals surface area contributed by atoms with Crippen molar-refractivity contribution < 1.29 is 19.5 Å². The molecule has 27 heavy (non-hydrogen) atoms. The number of benzene rings is 1. The molecule has 0 unspecified atom stereocenters. The number of carbonyl (C=O) groups is 3. The van der Waals surface area contributed by atoms with E-state index in [1.165, 1.54) is 16.7 Å². The van der Waals surface area contributed by atoms with Crippen molar-refractivity contribution in [2.24, 2.45) is 5.41 Å². The highest BCUT2D eigenvalue weighted by atomic mass is 32.1. The Balaban J connectivity index is 1.86. The average molecular weight is 389 g/mol. The third kappa shape index (κ3) is 6.18. The van der Waals surface area contributed by atoms with Gasteiger partial charge in [0.25, 0.3) is 0 Å². The van der Waals surface area contributed by atoms with Gasteiger partial charge in [-0.05, 0) is 11.6 Å². The number of aromatic nitrogens is 1. The predicted octanol–water partition coefficient (Wildman–Crippen LogP) is 2.68. The highest BCUT2D eigenvalue weighted by Gasteiger charge is 2.20. The number of hydrogen-bond acceptors (Lipinski definition) is 5. The second kappa shape index (κ2) is 8.77. The molecule has 8 heteroatoms. The molecule has 0 aliphatic carbocycles. The van der Waals surface area contributed by atoms with E-state index in [0.717, 1.165) is 11.1 Å². The number of rotatable bonds is 7. The normalized spacial score (nSPS) is 11.1. The Labute approximate surface area is 161 Å². The average Bonchev–Trinajstić information content (AvgIpc) is 3.10. The van der Waals surface area contributed by atoms with Gasteiger partial charge in [0, 0.05) is 35.9 Å². The van der Waals surface area contributed by atoms with E-state index in [4.69, 9.17) is 5.11 Å². The van der Waals surface area contributed by atoms with Crippen LogP contribution in [0.15, 0.2) is 29.6 Å². The van der Waals surface area contributed by atoms with Crippen molar-refractivity contribution in [2.75, 3.05) is 6.54 Å². The molecule has 0 saturated carbocycles. The fourth-order valence-electron chi connectivity index (χ4n) is 2.16. The number of aromatic carboxylic acids is 1. The SMILES string of the molecule is CC(C)(C)C(=O)NCCC(=O)NCc1cccc(-c2nc(C(=O)O)cs2)c1. The lowest BCUT2D eigenvalue weighted by atomic mass is 9.96. The highest BCUT2D eigenvalue weighted by Crippen LogP contribution is 2.24. The zero-order valence-corrected chi connectivity index (χ0v) is 16.4. The van der Waals surface area contributed by atoms with Crippen LogP contribution in [0.5, 0.6) is 0 Å². The first-order chi connectivity index (χ1) is 12.7. The third-order valence-corrected chi connectivity index (χ3v) is 4.60. The second-order valence-corrected chi connectivity index (χ2v) is 7.93. The van der Waals surface area contributed by atoms with E-state index in [1.54, 1.807) is 0 Å². The number of thiazole rings is 1. The Morgan fingerprint density at radius 2 is 1.93 bits per heavy atom. The first-order valence-corrected chi connectivity index (χ1v) is 9.38. The van der Waals surface area contributed by atoms with Crippen molar-refractivity contribution in [1.29, 1.82) is 0 Å². The van der Waals surface area contributed by atoms with Gasteiger partial charge in [-0.25, -0.2) is 9.78 Å². The third-order valence-electron chi connectivity index (χ3n) is 3.71. The van der Waals surface area contributed by atoms with E-state index >= 15 is 0 Å². The van der Waals surface area contributed by atoms with Crippen LogP contribution in [0.25, 0.3) is 10.6 Å². The van der Waals surface area contributed by atoms with Gasteiger partial charge in [-0.3, -0.25) is 9.59 Å². The summed E-state index contributed by atoms with van der Waals surface area (Å²) in [7, 11) is 0. The number of carboxylic acids is 1. The van der Waals surface area contributed by atoms with Gasteiger partial charge in [0.05, 0.1) is 0 Å². The van der Waals surface area contributed by atoms with Crippen LogP contribution in [0.1, 0.15) is 43.2 Å². The summed E-state index contributed by atoms with van der Waals surface area (Å²) in [4.78, 5) is 38.7. The summed E-state index contributed by atoms with van der Waals surface area (Å²) in [6.45, 7) is 6.09. The summed E-state index contributed by atoms with van der Waals surface area (Å²) in [6, 6.07) is 7.42. The Hall–Kier alpha value is -2.74. The van der Waals surface area contributed by atoms with Gasteiger partial charge in [-0.2, -0.15) is 0 Å². The standard InChI is InChI=1S/C19H23N3O4S/c1-19(2,3)18(26)20-8-7-15(23)21-10-12-5-4-6-13(9-12)16-22-14(11-27-16)17(24)25/h4-6,9,11H,7-8,10H2,1-3H3,(H,20,26)(H,21,23)(H,24,25). The highest BCUT2D eigenvalue weighted by molar-refractivity contribution is 7.13. The van der Waals surface area contributed by atoms with Crippen molar-refractivity contribution in [3.8, 4) is 10.6 Å². The number of nitrogens with one attached hydrogen (secondary N) is 2. The molecule has 0 spiro atoms. The fourth-order valence-corrected chi connectivity index (χ4v) is 2.95. The molecule has 1 aromatic carbocycles. The molecule has 0 bridgehead atoms. The molecule has 0 aliphatic heterocycles. The zero-order valence-electron chi connectivity index (χ0n) is 15.5. The molecule has 0 fully saturated rings. The quantitative estimate of drug-likeness (QED) is 0.675. The molecule has 7 nitrogen and oxygen atoms in total. The van der Waals surface area contributed by atoms with Gasteiger partial charge in [0.2, 0.25) is 11.8 Å². The van der Waals surface area contributed by atoms with Crippen LogP contribution in [0.2, 0.25) is 0 Å². The number of amides is 2. The summed E-state index contributed by atoms with van der Waals surface area (Å²) in [5.74, 6) is -1.30. The Bertz CT molecular complexity index is 839. The molecular formula is C19H23N3O4S. The van der Waals surface area contributed by atoms with Gasteiger partial charge < -0.3 is 15.7 Å². The van der Waals surface area contributed by atoms with Crippen LogP contribution in [-0.4, -0.2) is 34.4 Å². The second-order valence-electron chi connectivity index (χ2n) is 7.08. The molecule has 1 heterocycles. The molecule has 0 saturated heterocycles. The number of hydrogen-bond donors (Lipinski definition) is 3. The van der Waals surface area contributed by atoms with Gasteiger partial charge in [-0.1, -0.05) is 39.0 Å². The van der Waals surface area contributed by atoms with E-state index in [2.05, 4.69) is 15.6 Å². The van der Waals surface area contributed by atoms with Crippen molar-refractivity contribution in [1.82, 2.24) is 15.6 Å². The van der Waals surface area contributed by atoms with Crippen LogP contribution in [-0.2, 0) is 16.1 Å². The molecule has 2 rings (SSSR count). The topological polar surface area (TPSA) is 108 Å². The number of carboxylic acid groups (broad SMARTS) is 1. The maximum absolute atomic E-state index is 11.9. The van der Waals surface area contributed by atoms with E-state index < -0.39 is 11.4 Å². The van der Waals surface area contributed by atoms with Crippen molar-refractivity contribution >= 4 is 29.1 Å². The van der Waals surface area contributed by atoms with Crippen molar-refractivity contribution in [2.45, 2.75) is 33.7 Å². The van der Waals surface area contributed by atoms with Crippen LogP contribution in [0.3, 0.4) is 0 Å². The largest absolute Gasteiger partial charge is 0.476 e. The van der Waals surface area contributed by atoms with E-state index in [-0.39, 0.29) is 23.9 Å². The number of carbonyl (C=O) groups excluding carboxylic acids is 2. The Kier molecular flexibility index (Phi) is 6.68. The molecule has 0 radical (unpaired) electrons. The van der Waals surface area contributed by atoms with Crippen molar-refractivity contribution in [3.63, 3.8) is 0 Å². The van der Waals surface area contributed by atoms with Gasteiger partial charge in [0.15, 0.2) is 5.69 Å². The lowest BCUT2D eigenvalue weighted by Gasteiger charge is -2.17. The summed E-state index contributed by atoms with van der Waals surface area (Å²) < 4.78 is 0. The molecule has 144 valence electrons. The maximum Gasteiger partial charge on any atom is 0.355 e. The lowest BCUT2D eigenvalue weighted by Crippen LogP contribution is -2.37. The summed E-state index contributed by atoms with van der Waals surface area (Å²) >= 11 is 1.26. The monoisotopic (exact) mass is 389 g/mol. The van der Waals surface area contributed by atoms with Crippen LogP contribution in [0.4, 0.5) is 0 Å². The maximum atomic E-state index is 11.9. The molecule has 1 aromatic heterocycles. The zero-order chi connectivity index (χ0) is 20.0. The van der Waals surface area contributed by atoms with Crippen LogP contribution in [0, 0.1) is 5.41 Å². The molecule has 2 amide bonds. The van der Waals surface area contributed by atoms with Crippen LogP contribution >= 0.6 is 11.3 Å².